The second-order valence-corrected chi connectivity index (χ2v) is 6.30. The maximum Gasteiger partial charge on any atom is 0.228 e. The van der Waals surface area contributed by atoms with Gasteiger partial charge in [0.25, 0.3) is 0 Å². The lowest BCUT2D eigenvalue weighted by molar-refractivity contribution is -0.117. The third-order valence-electron chi connectivity index (χ3n) is 4.15. The summed E-state index contributed by atoms with van der Waals surface area (Å²) in [6.45, 7) is 3.02. The lowest BCUT2D eigenvalue weighted by atomic mass is 10.1. The van der Waals surface area contributed by atoms with Crippen molar-refractivity contribution in [1.82, 2.24) is 4.98 Å². The number of rotatable bonds is 3. The molecule has 2 aliphatic rings. The van der Waals surface area contributed by atoms with Gasteiger partial charge in [-0.1, -0.05) is 15.9 Å². The molecule has 0 aliphatic carbocycles. The van der Waals surface area contributed by atoms with Crippen molar-refractivity contribution in [3.63, 3.8) is 0 Å². The van der Waals surface area contributed by atoms with Gasteiger partial charge in [-0.15, -0.1) is 0 Å². The molecule has 0 N–H and O–H groups in total. The predicted octanol–water partition coefficient (Wildman–Crippen LogP) is 2.82. The molecule has 1 unspecified atom stereocenters. The fourth-order valence-electron chi connectivity index (χ4n) is 2.98. The maximum absolute atomic E-state index is 12.0. The molecule has 0 bridgehead atoms. The number of piperidine rings is 1. The number of aromatic nitrogens is 1. The molecule has 1 atom stereocenters. The van der Waals surface area contributed by atoms with Crippen molar-refractivity contribution in [2.45, 2.75) is 25.7 Å². The average Bonchev–Trinajstić information content (AvgIpc) is 2.89. The third kappa shape index (κ3) is 2.82. The smallest absolute Gasteiger partial charge is 0.228 e. The number of hydrogen-bond donors (Lipinski definition) is 0. The highest BCUT2D eigenvalue weighted by molar-refractivity contribution is 9.09. The number of alkyl halides is 1. The Hall–Kier alpha value is -1.10. The van der Waals surface area contributed by atoms with Crippen LogP contribution in [-0.2, 0) is 4.79 Å². The lowest BCUT2D eigenvalue weighted by Crippen LogP contribution is -2.30. The highest BCUT2D eigenvalue weighted by atomic mass is 79.9. The van der Waals surface area contributed by atoms with Gasteiger partial charge in [0.15, 0.2) is 0 Å². The fourth-order valence-corrected chi connectivity index (χ4v) is 3.42. The first-order valence-electron chi connectivity index (χ1n) is 7.35. The summed E-state index contributed by atoms with van der Waals surface area (Å²) in [6.07, 6.45) is 6.40. The summed E-state index contributed by atoms with van der Waals surface area (Å²) in [6, 6.07) is 4.08. The van der Waals surface area contributed by atoms with Crippen LogP contribution in [0.4, 0.5) is 11.5 Å². The number of carbonyl (C=O) groups excluding carboxylic acids is 1. The summed E-state index contributed by atoms with van der Waals surface area (Å²) in [5, 5.41) is 0.876. The van der Waals surface area contributed by atoms with Crippen molar-refractivity contribution in [2.24, 2.45) is 5.92 Å². The van der Waals surface area contributed by atoms with Gasteiger partial charge in [-0.25, -0.2) is 4.98 Å². The molecular formula is C15H20BrN3O. The molecule has 0 radical (unpaired) electrons. The fraction of sp³-hybridized carbons (Fsp3) is 0.600. The minimum absolute atomic E-state index is 0.188. The maximum atomic E-state index is 12.0. The van der Waals surface area contributed by atoms with E-state index in [0.29, 0.717) is 12.3 Å². The molecule has 0 spiro atoms. The second kappa shape index (κ2) is 6.12. The standard InChI is InChI=1S/C15H20BrN3O/c16-9-12-8-15(20)19(11-12)14-5-4-13(10-17-14)18-6-2-1-3-7-18/h4-5,10,12H,1-3,6-9,11H2. The zero-order valence-corrected chi connectivity index (χ0v) is 13.2. The summed E-state index contributed by atoms with van der Waals surface area (Å²) >= 11 is 3.46. The number of nitrogens with zero attached hydrogens (tertiary/aromatic N) is 3. The minimum Gasteiger partial charge on any atom is -0.370 e. The number of pyridine rings is 1. The summed E-state index contributed by atoms with van der Waals surface area (Å²) in [5.74, 6) is 1.39. The molecule has 108 valence electrons. The van der Waals surface area contributed by atoms with E-state index in [4.69, 9.17) is 0 Å². The molecule has 1 amide bonds. The molecule has 4 nitrogen and oxygen atoms in total. The van der Waals surface area contributed by atoms with Gasteiger partial charge >= 0.3 is 0 Å². The SMILES string of the molecule is O=C1CC(CBr)CN1c1ccc(N2CCCCC2)cn1. The Labute approximate surface area is 128 Å². The Balaban J connectivity index is 1.71. The quantitative estimate of drug-likeness (QED) is 0.796. The van der Waals surface area contributed by atoms with Crippen LogP contribution in [0.25, 0.3) is 0 Å². The van der Waals surface area contributed by atoms with Crippen molar-refractivity contribution in [2.75, 3.05) is 34.8 Å². The number of amides is 1. The van der Waals surface area contributed by atoms with Crippen molar-refractivity contribution in [3.8, 4) is 0 Å². The van der Waals surface area contributed by atoms with Gasteiger partial charge in [-0.2, -0.15) is 0 Å². The summed E-state index contributed by atoms with van der Waals surface area (Å²) in [4.78, 5) is 20.7. The molecule has 2 aliphatic heterocycles. The monoisotopic (exact) mass is 337 g/mol. The zero-order chi connectivity index (χ0) is 13.9. The van der Waals surface area contributed by atoms with E-state index in [9.17, 15) is 4.79 Å². The van der Waals surface area contributed by atoms with Crippen molar-refractivity contribution in [3.05, 3.63) is 18.3 Å². The second-order valence-electron chi connectivity index (χ2n) is 5.65. The highest BCUT2D eigenvalue weighted by Gasteiger charge is 2.30. The molecule has 3 heterocycles. The van der Waals surface area contributed by atoms with Crippen LogP contribution in [0.1, 0.15) is 25.7 Å². The highest BCUT2D eigenvalue weighted by Crippen LogP contribution is 2.26. The molecule has 2 fully saturated rings. The van der Waals surface area contributed by atoms with E-state index in [2.05, 4.69) is 31.9 Å². The Bertz CT molecular complexity index is 471. The van der Waals surface area contributed by atoms with E-state index >= 15 is 0 Å². The molecule has 20 heavy (non-hydrogen) atoms. The van der Waals surface area contributed by atoms with Crippen LogP contribution in [-0.4, -0.2) is 35.9 Å². The summed E-state index contributed by atoms with van der Waals surface area (Å²) in [5.41, 5.74) is 1.18. The van der Waals surface area contributed by atoms with E-state index in [-0.39, 0.29) is 5.91 Å². The van der Waals surface area contributed by atoms with E-state index in [1.165, 1.54) is 24.9 Å². The van der Waals surface area contributed by atoms with Crippen molar-refractivity contribution < 1.29 is 4.79 Å². The summed E-state index contributed by atoms with van der Waals surface area (Å²) < 4.78 is 0. The van der Waals surface area contributed by atoms with Gasteiger partial charge < -0.3 is 4.90 Å². The Morgan fingerprint density at radius 2 is 2.05 bits per heavy atom. The molecule has 1 aromatic heterocycles. The minimum atomic E-state index is 0.188. The zero-order valence-electron chi connectivity index (χ0n) is 11.6. The van der Waals surface area contributed by atoms with Crippen LogP contribution in [0.5, 0.6) is 0 Å². The molecule has 1 aromatic rings. The van der Waals surface area contributed by atoms with E-state index in [1.807, 2.05) is 17.2 Å². The normalized spacial score (nSPS) is 23.4. The summed E-state index contributed by atoms with van der Waals surface area (Å²) in [7, 11) is 0. The molecule has 5 heteroatoms. The number of halogens is 1. The van der Waals surface area contributed by atoms with Crippen molar-refractivity contribution in [1.29, 1.82) is 0 Å². The van der Waals surface area contributed by atoms with Gasteiger partial charge in [0.05, 0.1) is 11.9 Å². The first-order valence-corrected chi connectivity index (χ1v) is 8.47. The van der Waals surface area contributed by atoms with Crippen LogP contribution >= 0.6 is 15.9 Å². The predicted molar refractivity (Wildman–Crippen MR) is 84.6 cm³/mol. The van der Waals surface area contributed by atoms with Crippen LogP contribution in [0.15, 0.2) is 18.3 Å². The van der Waals surface area contributed by atoms with E-state index in [1.54, 1.807) is 0 Å². The van der Waals surface area contributed by atoms with E-state index < -0.39 is 0 Å². The van der Waals surface area contributed by atoms with Crippen LogP contribution in [0.3, 0.4) is 0 Å². The molecule has 2 saturated heterocycles. The molecule has 0 saturated carbocycles. The lowest BCUT2D eigenvalue weighted by Gasteiger charge is -2.28. The Morgan fingerprint density at radius 3 is 2.65 bits per heavy atom. The molecular weight excluding hydrogens is 318 g/mol. The van der Waals surface area contributed by atoms with Crippen LogP contribution in [0.2, 0.25) is 0 Å². The van der Waals surface area contributed by atoms with Gasteiger partial charge in [-0.05, 0) is 37.3 Å². The van der Waals surface area contributed by atoms with Gasteiger partial charge in [0.2, 0.25) is 5.91 Å². The van der Waals surface area contributed by atoms with Gasteiger partial charge in [0, 0.05) is 31.4 Å². The third-order valence-corrected chi connectivity index (χ3v) is 5.07. The van der Waals surface area contributed by atoms with Crippen LogP contribution < -0.4 is 9.80 Å². The van der Waals surface area contributed by atoms with Gasteiger partial charge in [0.1, 0.15) is 5.82 Å². The van der Waals surface area contributed by atoms with Crippen molar-refractivity contribution >= 4 is 33.3 Å². The molecule has 3 rings (SSSR count). The first kappa shape index (κ1) is 13.9. The van der Waals surface area contributed by atoms with Gasteiger partial charge in [-0.3, -0.25) is 9.69 Å². The number of hydrogen-bond acceptors (Lipinski definition) is 3. The topological polar surface area (TPSA) is 36.4 Å². The first-order chi connectivity index (χ1) is 9.78. The Morgan fingerprint density at radius 1 is 1.25 bits per heavy atom. The number of carbonyl (C=O) groups is 1. The Kier molecular flexibility index (Phi) is 4.24. The number of anilines is 2. The van der Waals surface area contributed by atoms with Crippen LogP contribution in [0, 0.1) is 5.92 Å². The largest absolute Gasteiger partial charge is 0.370 e. The average molecular weight is 338 g/mol. The van der Waals surface area contributed by atoms with E-state index in [0.717, 1.165) is 30.8 Å². The molecule has 0 aromatic carbocycles.